The van der Waals surface area contributed by atoms with E-state index in [0.29, 0.717) is 5.41 Å². The average Bonchev–Trinajstić information content (AvgIpc) is 2.05. The van der Waals surface area contributed by atoms with E-state index in [1.54, 1.807) is 6.92 Å². The Bertz CT molecular complexity index is 221. The maximum atomic E-state index is 11.1. The molecule has 1 heteroatoms. The van der Waals surface area contributed by atoms with Crippen molar-refractivity contribution in [1.29, 1.82) is 0 Å². The highest BCUT2D eigenvalue weighted by Gasteiger charge is 2.29. The number of allylic oxidation sites excluding steroid dienone is 2. The molecule has 1 nitrogen and oxygen atoms in total. The molecule has 0 aliphatic heterocycles. The van der Waals surface area contributed by atoms with Crippen molar-refractivity contribution >= 4 is 5.78 Å². The first-order valence-corrected chi connectivity index (χ1v) is 4.12. The Morgan fingerprint density at radius 3 is 2.09 bits per heavy atom. The van der Waals surface area contributed by atoms with Crippen LogP contribution in [0.15, 0.2) is 11.1 Å². The molecule has 11 heavy (non-hydrogen) atoms. The Balaban J connectivity index is 2.84. The molecule has 62 valence electrons. The van der Waals surface area contributed by atoms with Gasteiger partial charge in [-0.15, -0.1) is 0 Å². The van der Waals surface area contributed by atoms with E-state index in [2.05, 4.69) is 20.8 Å². The molecular weight excluding hydrogens is 136 g/mol. The lowest BCUT2D eigenvalue weighted by Crippen LogP contribution is -2.06. The number of ketones is 1. The van der Waals surface area contributed by atoms with Gasteiger partial charge in [-0.3, -0.25) is 4.79 Å². The van der Waals surface area contributed by atoms with Crippen LogP contribution in [0.25, 0.3) is 0 Å². The monoisotopic (exact) mass is 152 g/mol. The third kappa shape index (κ3) is 1.70. The Morgan fingerprint density at radius 1 is 1.36 bits per heavy atom. The number of hydrogen-bond acceptors (Lipinski definition) is 1. The minimum atomic E-state index is 0.257. The van der Waals surface area contributed by atoms with Gasteiger partial charge in [0.2, 0.25) is 0 Å². The molecule has 0 atom stereocenters. The minimum absolute atomic E-state index is 0.257. The molecule has 0 heterocycles. The second kappa shape index (κ2) is 2.47. The zero-order valence-electron chi connectivity index (χ0n) is 7.82. The minimum Gasteiger partial charge on any atom is -0.295 e. The largest absolute Gasteiger partial charge is 0.295 e. The molecular formula is C10H16O. The fourth-order valence-corrected chi connectivity index (χ4v) is 1.94. The van der Waals surface area contributed by atoms with Gasteiger partial charge in [0.25, 0.3) is 0 Å². The van der Waals surface area contributed by atoms with Crippen LogP contribution in [-0.4, -0.2) is 5.78 Å². The van der Waals surface area contributed by atoms with E-state index < -0.39 is 0 Å². The first-order valence-electron chi connectivity index (χ1n) is 4.12. The van der Waals surface area contributed by atoms with Crippen LogP contribution in [0.1, 0.15) is 40.5 Å². The smallest absolute Gasteiger partial charge is 0.155 e. The lowest BCUT2D eigenvalue weighted by atomic mass is 9.89. The van der Waals surface area contributed by atoms with Crippen LogP contribution in [0.5, 0.6) is 0 Å². The summed E-state index contributed by atoms with van der Waals surface area (Å²) < 4.78 is 0. The fraction of sp³-hybridized carbons (Fsp3) is 0.700. The molecule has 0 aromatic heterocycles. The molecule has 1 rings (SSSR count). The van der Waals surface area contributed by atoms with Gasteiger partial charge < -0.3 is 0 Å². The molecule has 0 spiro atoms. The van der Waals surface area contributed by atoms with Crippen molar-refractivity contribution < 1.29 is 4.79 Å². The Labute approximate surface area is 68.5 Å². The van der Waals surface area contributed by atoms with Gasteiger partial charge in [-0.05, 0) is 37.7 Å². The van der Waals surface area contributed by atoms with Gasteiger partial charge in [0.1, 0.15) is 0 Å². The normalized spacial score (nSPS) is 22.5. The fourth-order valence-electron chi connectivity index (χ4n) is 1.94. The van der Waals surface area contributed by atoms with Crippen LogP contribution in [0.4, 0.5) is 0 Å². The van der Waals surface area contributed by atoms with Gasteiger partial charge in [0, 0.05) is 0 Å². The first-order chi connectivity index (χ1) is 4.92. The lowest BCUT2D eigenvalue weighted by Gasteiger charge is -2.16. The van der Waals surface area contributed by atoms with E-state index in [-0.39, 0.29) is 5.78 Å². The summed E-state index contributed by atoms with van der Waals surface area (Å²) in [5.41, 5.74) is 2.68. The molecule has 0 radical (unpaired) electrons. The Kier molecular flexibility index (Phi) is 1.91. The van der Waals surface area contributed by atoms with Crippen LogP contribution < -0.4 is 0 Å². The summed E-state index contributed by atoms with van der Waals surface area (Å²) in [7, 11) is 0. The van der Waals surface area contributed by atoms with Crippen LogP contribution in [0, 0.1) is 5.41 Å². The van der Waals surface area contributed by atoms with E-state index in [1.807, 2.05) is 0 Å². The van der Waals surface area contributed by atoms with Crippen LogP contribution in [-0.2, 0) is 4.79 Å². The molecule has 0 saturated heterocycles. The average molecular weight is 152 g/mol. The second-order valence-corrected chi connectivity index (χ2v) is 4.33. The molecule has 0 fully saturated rings. The molecule has 0 saturated carbocycles. The van der Waals surface area contributed by atoms with Crippen molar-refractivity contribution in [2.24, 2.45) is 5.41 Å². The summed E-state index contributed by atoms with van der Waals surface area (Å²) in [5, 5.41) is 0. The standard InChI is InChI=1S/C10H16O/c1-7-5-10(3,4)6-9(7)8(2)11/h5-6H2,1-4H3. The summed E-state index contributed by atoms with van der Waals surface area (Å²) in [4.78, 5) is 11.1. The molecule has 0 N–H and O–H groups in total. The van der Waals surface area contributed by atoms with Gasteiger partial charge in [-0.2, -0.15) is 0 Å². The summed E-state index contributed by atoms with van der Waals surface area (Å²) in [6.45, 7) is 8.17. The highest BCUT2D eigenvalue weighted by atomic mass is 16.1. The highest BCUT2D eigenvalue weighted by Crippen LogP contribution is 2.41. The van der Waals surface area contributed by atoms with Crippen molar-refractivity contribution in [2.45, 2.75) is 40.5 Å². The number of carbonyl (C=O) groups is 1. The van der Waals surface area contributed by atoms with Crippen molar-refractivity contribution in [3.8, 4) is 0 Å². The van der Waals surface area contributed by atoms with Crippen molar-refractivity contribution in [3.63, 3.8) is 0 Å². The van der Waals surface area contributed by atoms with E-state index in [0.717, 1.165) is 18.4 Å². The Morgan fingerprint density at radius 2 is 1.91 bits per heavy atom. The van der Waals surface area contributed by atoms with Gasteiger partial charge in [0.05, 0.1) is 0 Å². The van der Waals surface area contributed by atoms with Gasteiger partial charge in [-0.1, -0.05) is 19.4 Å². The van der Waals surface area contributed by atoms with Gasteiger partial charge >= 0.3 is 0 Å². The molecule has 0 aromatic carbocycles. The number of rotatable bonds is 1. The van der Waals surface area contributed by atoms with Crippen molar-refractivity contribution in [2.75, 3.05) is 0 Å². The lowest BCUT2D eigenvalue weighted by molar-refractivity contribution is -0.113. The molecule has 0 amide bonds. The predicted molar refractivity (Wildman–Crippen MR) is 46.4 cm³/mol. The number of Topliss-reactive ketones (excluding diaryl/α,β-unsaturated/α-hetero) is 1. The molecule has 0 unspecified atom stereocenters. The third-order valence-electron chi connectivity index (χ3n) is 2.34. The summed E-state index contributed by atoms with van der Waals surface area (Å²) in [6.07, 6.45) is 2.05. The summed E-state index contributed by atoms with van der Waals surface area (Å²) in [5.74, 6) is 0.257. The quantitative estimate of drug-likeness (QED) is 0.564. The van der Waals surface area contributed by atoms with E-state index in [1.165, 1.54) is 5.57 Å². The van der Waals surface area contributed by atoms with Crippen LogP contribution in [0.3, 0.4) is 0 Å². The predicted octanol–water partition coefficient (Wildman–Crippen LogP) is 2.71. The van der Waals surface area contributed by atoms with Gasteiger partial charge in [0.15, 0.2) is 5.78 Å². The SMILES string of the molecule is CC(=O)C1=C(C)CC(C)(C)C1. The number of carbonyl (C=O) groups excluding carboxylic acids is 1. The summed E-state index contributed by atoms with van der Waals surface area (Å²) >= 11 is 0. The van der Waals surface area contributed by atoms with E-state index >= 15 is 0 Å². The number of hydrogen-bond donors (Lipinski definition) is 0. The molecule has 1 aliphatic carbocycles. The topological polar surface area (TPSA) is 17.1 Å². The zero-order chi connectivity index (χ0) is 8.65. The van der Waals surface area contributed by atoms with Crippen LogP contribution in [0.2, 0.25) is 0 Å². The van der Waals surface area contributed by atoms with E-state index in [9.17, 15) is 4.79 Å². The Hall–Kier alpha value is -0.590. The van der Waals surface area contributed by atoms with E-state index in [4.69, 9.17) is 0 Å². The maximum Gasteiger partial charge on any atom is 0.155 e. The van der Waals surface area contributed by atoms with Crippen molar-refractivity contribution in [1.82, 2.24) is 0 Å². The van der Waals surface area contributed by atoms with Gasteiger partial charge in [-0.25, -0.2) is 0 Å². The first kappa shape index (κ1) is 8.51. The summed E-state index contributed by atoms with van der Waals surface area (Å²) in [6, 6.07) is 0. The van der Waals surface area contributed by atoms with Crippen molar-refractivity contribution in [3.05, 3.63) is 11.1 Å². The zero-order valence-corrected chi connectivity index (χ0v) is 7.82. The third-order valence-corrected chi connectivity index (χ3v) is 2.34. The molecule has 0 aromatic rings. The second-order valence-electron chi connectivity index (χ2n) is 4.33. The molecule has 0 bridgehead atoms. The maximum absolute atomic E-state index is 11.1. The van der Waals surface area contributed by atoms with Crippen LogP contribution >= 0.6 is 0 Å². The highest BCUT2D eigenvalue weighted by molar-refractivity contribution is 5.94. The molecule has 1 aliphatic rings.